The van der Waals surface area contributed by atoms with Crippen molar-refractivity contribution >= 4 is 28.9 Å². The Labute approximate surface area is 271 Å². The minimum Gasteiger partial charge on any atom is -0.444 e. The molecule has 5 heterocycles. The molecule has 0 N–H and O–H groups in total. The SMILES string of the molecule is Cc1c(-c2c(C(C)C)c3nc(C4CCC5(CC4)CN(C(=O)OC(C)(C)C)C5)ccc3n2C(=O)OC(C)(C)C)cn2ncnc2c1C. The van der Waals surface area contributed by atoms with Gasteiger partial charge in [-0.05, 0) is 110 Å². The lowest BCUT2D eigenvalue weighted by molar-refractivity contribution is -0.0507. The summed E-state index contributed by atoms with van der Waals surface area (Å²) < 4.78 is 15.1. The fourth-order valence-corrected chi connectivity index (χ4v) is 7.24. The molecule has 246 valence electrons. The first-order valence-corrected chi connectivity index (χ1v) is 16.5. The predicted molar refractivity (Wildman–Crippen MR) is 178 cm³/mol. The van der Waals surface area contributed by atoms with Crippen molar-refractivity contribution in [2.45, 2.75) is 118 Å². The molecule has 1 aliphatic carbocycles. The first kappa shape index (κ1) is 32.0. The van der Waals surface area contributed by atoms with Gasteiger partial charge in [0.25, 0.3) is 0 Å². The average Bonchev–Trinajstić information content (AvgIpc) is 3.54. The summed E-state index contributed by atoms with van der Waals surface area (Å²) in [6, 6.07) is 4.14. The maximum Gasteiger partial charge on any atom is 0.419 e. The predicted octanol–water partition coefficient (Wildman–Crippen LogP) is 8.16. The topological polar surface area (TPSA) is 104 Å². The second-order valence-corrected chi connectivity index (χ2v) is 15.8. The van der Waals surface area contributed by atoms with Gasteiger partial charge in [0.15, 0.2) is 5.65 Å². The number of carbonyl (C=O) groups is 2. The number of aromatic nitrogens is 5. The number of amides is 1. The van der Waals surface area contributed by atoms with E-state index >= 15 is 0 Å². The molecule has 0 radical (unpaired) electrons. The van der Waals surface area contributed by atoms with Crippen LogP contribution in [-0.4, -0.2) is 65.5 Å². The summed E-state index contributed by atoms with van der Waals surface area (Å²) in [5.41, 5.74) is 7.21. The van der Waals surface area contributed by atoms with Gasteiger partial charge in [-0.1, -0.05) is 13.8 Å². The summed E-state index contributed by atoms with van der Waals surface area (Å²) in [5.74, 6) is 0.396. The van der Waals surface area contributed by atoms with Crippen molar-refractivity contribution in [3.63, 3.8) is 0 Å². The molecule has 2 fully saturated rings. The van der Waals surface area contributed by atoms with E-state index in [1.807, 2.05) is 65.6 Å². The Kier molecular flexibility index (Phi) is 7.72. The maximum absolute atomic E-state index is 14.0. The van der Waals surface area contributed by atoms with Gasteiger partial charge in [0.2, 0.25) is 0 Å². The highest BCUT2D eigenvalue weighted by Gasteiger charge is 2.48. The Morgan fingerprint density at radius 2 is 1.57 bits per heavy atom. The molecule has 1 spiro atoms. The van der Waals surface area contributed by atoms with Crippen LogP contribution in [0.2, 0.25) is 0 Å². The van der Waals surface area contributed by atoms with Crippen molar-refractivity contribution in [3.05, 3.63) is 47.0 Å². The molecule has 1 saturated carbocycles. The molecule has 10 nitrogen and oxygen atoms in total. The highest BCUT2D eigenvalue weighted by Crippen LogP contribution is 2.49. The first-order valence-electron chi connectivity index (χ1n) is 16.5. The summed E-state index contributed by atoms with van der Waals surface area (Å²) >= 11 is 0. The van der Waals surface area contributed by atoms with Crippen molar-refractivity contribution in [2.75, 3.05) is 13.1 Å². The van der Waals surface area contributed by atoms with E-state index in [1.54, 1.807) is 15.4 Å². The van der Waals surface area contributed by atoms with Crippen molar-refractivity contribution in [1.29, 1.82) is 0 Å². The minimum absolute atomic E-state index is 0.0820. The van der Waals surface area contributed by atoms with Crippen LogP contribution in [0.5, 0.6) is 0 Å². The minimum atomic E-state index is -0.671. The number of nitrogens with zero attached hydrogens (tertiary/aromatic N) is 6. The highest BCUT2D eigenvalue weighted by atomic mass is 16.6. The number of hydrogen-bond donors (Lipinski definition) is 0. The van der Waals surface area contributed by atoms with Gasteiger partial charge in [-0.15, -0.1) is 0 Å². The largest absolute Gasteiger partial charge is 0.444 e. The van der Waals surface area contributed by atoms with Crippen LogP contribution in [0.15, 0.2) is 24.7 Å². The molecule has 0 atom stereocenters. The fourth-order valence-electron chi connectivity index (χ4n) is 7.24. The molecule has 46 heavy (non-hydrogen) atoms. The zero-order chi connectivity index (χ0) is 33.3. The summed E-state index contributed by atoms with van der Waals surface area (Å²) in [5, 5.41) is 4.43. The van der Waals surface area contributed by atoms with Gasteiger partial charge in [-0.25, -0.2) is 23.7 Å². The standard InChI is InChI=1S/C36H48N6O4/c1-21(2)28-29-27(12-11-26(39-29)24-13-15-36(16-14-24)18-40(19-36)32(43)45-34(5,6)7)42(33(44)46-35(8,9)10)30(28)25-17-41-31(37-20-38-41)23(4)22(25)3/h11-12,17,20-21,24H,13-16,18-19H2,1-10H3. The number of rotatable bonds is 3. The van der Waals surface area contributed by atoms with E-state index in [2.05, 4.69) is 36.9 Å². The molecular weight excluding hydrogens is 580 g/mol. The van der Waals surface area contributed by atoms with Crippen LogP contribution in [0.4, 0.5) is 9.59 Å². The molecular formula is C36H48N6O4. The van der Waals surface area contributed by atoms with Crippen molar-refractivity contribution in [3.8, 4) is 11.3 Å². The van der Waals surface area contributed by atoms with E-state index in [-0.39, 0.29) is 17.4 Å². The number of ether oxygens (including phenoxy) is 2. The first-order chi connectivity index (χ1) is 21.5. The monoisotopic (exact) mass is 628 g/mol. The Bertz CT molecular complexity index is 1820. The molecule has 1 amide bonds. The van der Waals surface area contributed by atoms with Crippen LogP contribution in [0.1, 0.15) is 115 Å². The van der Waals surface area contributed by atoms with Crippen LogP contribution in [0, 0.1) is 19.3 Å². The molecule has 2 aliphatic rings. The second kappa shape index (κ2) is 11.1. The number of aryl methyl sites for hydroxylation is 1. The third-order valence-corrected chi connectivity index (χ3v) is 9.57. The number of fused-ring (bicyclic) bond motifs is 2. The highest BCUT2D eigenvalue weighted by molar-refractivity contribution is 5.99. The quantitative estimate of drug-likeness (QED) is 0.225. The van der Waals surface area contributed by atoms with Gasteiger partial charge in [-0.3, -0.25) is 4.98 Å². The fraction of sp³-hybridized carbons (Fsp3) is 0.583. The molecule has 6 rings (SSSR count). The van der Waals surface area contributed by atoms with E-state index in [4.69, 9.17) is 14.5 Å². The molecule has 0 aromatic carbocycles. The van der Waals surface area contributed by atoms with Crippen LogP contribution in [-0.2, 0) is 9.47 Å². The lowest BCUT2D eigenvalue weighted by atomic mass is 9.65. The molecule has 4 aromatic heterocycles. The Morgan fingerprint density at radius 3 is 2.17 bits per heavy atom. The van der Waals surface area contributed by atoms with Gasteiger partial charge in [0.05, 0.1) is 16.7 Å². The molecule has 0 unspecified atom stereocenters. The van der Waals surface area contributed by atoms with Crippen LogP contribution >= 0.6 is 0 Å². The smallest absolute Gasteiger partial charge is 0.419 e. The molecule has 0 bridgehead atoms. The average molecular weight is 629 g/mol. The summed E-state index contributed by atoms with van der Waals surface area (Å²) in [4.78, 5) is 38.2. The van der Waals surface area contributed by atoms with Gasteiger partial charge < -0.3 is 14.4 Å². The Morgan fingerprint density at radius 1 is 0.935 bits per heavy atom. The number of carbonyl (C=O) groups excluding carboxylic acids is 2. The van der Waals surface area contributed by atoms with Crippen LogP contribution in [0.25, 0.3) is 27.9 Å². The Balaban J connectivity index is 1.37. The summed E-state index contributed by atoms with van der Waals surface area (Å²) in [6.45, 7) is 21.3. The molecule has 10 heteroatoms. The van der Waals surface area contributed by atoms with E-state index in [0.717, 1.165) is 89.1 Å². The van der Waals surface area contributed by atoms with E-state index in [9.17, 15) is 9.59 Å². The summed E-state index contributed by atoms with van der Waals surface area (Å²) in [6.07, 6.45) is 7.00. The van der Waals surface area contributed by atoms with E-state index in [1.165, 1.54) is 0 Å². The van der Waals surface area contributed by atoms with Crippen molar-refractivity contribution in [2.24, 2.45) is 5.41 Å². The van der Waals surface area contributed by atoms with Crippen molar-refractivity contribution in [1.82, 2.24) is 29.0 Å². The second-order valence-electron chi connectivity index (χ2n) is 15.8. The van der Waals surface area contributed by atoms with E-state index < -0.39 is 17.3 Å². The molecule has 4 aromatic rings. The Hall–Kier alpha value is -3.95. The number of likely N-dealkylation sites (tertiary alicyclic amines) is 1. The third-order valence-electron chi connectivity index (χ3n) is 9.57. The van der Waals surface area contributed by atoms with Gasteiger partial charge >= 0.3 is 12.2 Å². The molecule has 1 aliphatic heterocycles. The normalized spacial score (nSPS) is 17.2. The molecule has 1 saturated heterocycles. The lowest BCUT2D eigenvalue weighted by Crippen LogP contribution is -2.60. The van der Waals surface area contributed by atoms with Crippen LogP contribution < -0.4 is 0 Å². The maximum atomic E-state index is 14.0. The van der Waals surface area contributed by atoms with Crippen molar-refractivity contribution < 1.29 is 19.1 Å². The summed E-state index contributed by atoms with van der Waals surface area (Å²) in [7, 11) is 0. The van der Waals surface area contributed by atoms with Gasteiger partial charge in [-0.2, -0.15) is 5.10 Å². The lowest BCUT2D eigenvalue weighted by Gasteiger charge is -2.53. The zero-order valence-corrected chi connectivity index (χ0v) is 29.0. The number of hydrogen-bond acceptors (Lipinski definition) is 7. The van der Waals surface area contributed by atoms with Gasteiger partial charge in [0, 0.05) is 47.4 Å². The zero-order valence-electron chi connectivity index (χ0n) is 29.0. The third kappa shape index (κ3) is 5.75. The van der Waals surface area contributed by atoms with Gasteiger partial charge in [0.1, 0.15) is 17.5 Å². The number of pyridine rings is 2. The van der Waals surface area contributed by atoms with E-state index in [0.29, 0.717) is 5.92 Å². The van der Waals surface area contributed by atoms with Crippen LogP contribution in [0.3, 0.4) is 0 Å².